The van der Waals surface area contributed by atoms with Gasteiger partial charge in [0.1, 0.15) is 0 Å². The predicted molar refractivity (Wildman–Crippen MR) is 52.3 cm³/mol. The second-order valence-electron chi connectivity index (χ2n) is 3.62. The average molecular weight is 185 g/mol. The third kappa shape index (κ3) is 2.42. The lowest BCUT2D eigenvalue weighted by molar-refractivity contribution is -0.140. The van der Waals surface area contributed by atoms with Crippen LogP contribution in [0.1, 0.15) is 13.3 Å². The second kappa shape index (κ2) is 4.58. The number of carbonyl (C=O) groups is 1. The van der Waals surface area contributed by atoms with Gasteiger partial charge in [-0.15, -0.1) is 0 Å². The van der Waals surface area contributed by atoms with Gasteiger partial charge in [0, 0.05) is 19.6 Å². The van der Waals surface area contributed by atoms with E-state index < -0.39 is 0 Å². The normalized spacial score (nSPS) is 25.3. The van der Waals surface area contributed by atoms with Crippen molar-refractivity contribution in [3.05, 3.63) is 0 Å². The first kappa shape index (κ1) is 10.5. The van der Waals surface area contributed by atoms with Crippen molar-refractivity contribution in [1.29, 1.82) is 0 Å². The first-order chi connectivity index (χ1) is 6.16. The van der Waals surface area contributed by atoms with Crippen LogP contribution in [0, 0.1) is 0 Å². The minimum absolute atomic E-state index is 0.0338. The van der Waals surface area contributed by atoms with E-state index in [9.17, 15) is 4.79 Å². The number of carbonyl (C=O) groups excluding carboxylic acids is 1. The van der Waals surface area contributed by atoms with Gasteiger partial charge in [0.05, 0.1) is 6.04 Å². The number of rotatable bonds is 3. The van der Waals surface area contributed by atoms with Crippen molar-refractivity contribution in [2.24, 2.45) is 5.73 Å². The molecule has 0 saturated carbocycles. The van der Waals surface area contributed by atoms with Gasteiger partial charge in [-0.25, -0.2) is 0 Å². The molecule has 4 nitrogen and oxygen atoms in total. The molecule has 1 aliphatic heterocycles. The van der Waals surface area contributed by atoms with Crippen LogP contribution in [-0.2, 0) is 4.79 Å². The van der Waals surface area contributed by atoms with E-state index in [4.69, 9.17) is 5.73 Å². The summed E-state index contributed by atoms with van der Waals surface area (Å²) in [6, 6.07) is 0.0338. The Kier molecular flexibility index (Phi) is 3.69. The summed E-state index contributed by atoms with van der Waals surface area (Å²) in [4.78, 5) is 15.7. The zero-order chi connectivity index (χ0) is 9.84. The zero-order valence-electron chi connectivity index (χ0n) is 8.49. The van der Waals surface area contributed by atoms with Crippen molar-refractivity contribution >= 4 is 5.91 Å². The minimum atomic E-state index is 0.0338. The molecule has 0 radical (unpaired) electrons. The number of nitrogens with zero attached hydrogens (tertiary/aromatic N) is 2. The summed E-state index contributed by atoms with van der Waals surface area (Å²) in [5.41, 5.74) is 5.40. The van der Waals surface area contributed by atoms with Crippen molar-refractivity contribution in [1.82, 2.24) is 9.80 Å². The van der Waals surface area contributed by atoms with E-state index in [1.54, 1.807) is 0 Å². The van der Waals surface area contributed by atoms with E-state index in [0.717, 1.165) is 26.1 Å². The molecule has 1 heterocycles. The molecule has 76 valence electrons. The molecule has 1 fully saturated rings. The molecule has 1 saturated heterocycles. The van der Waals surface area contributed by atoms with Crippen LogP contribution in [0.2, 0.25) is 0 Å². The highest BCUT2D eigenvalue weighted by molar-refractivity contribution is 5.82. The molecule has 0 aliphatic carbocycles. The highest BCUT2D eigenvalue weighted by atomic mass is 16.2. The van der Waals surface area contributed by atoms with E-state index >= 15 is 0 Å². The van der Waals surface area contributed by atoms with Crippen LogP contribution in [0.25, 0.3) is 0 Å². The average Bonchev–Trinajstić information content (AvgIpc) is 2.13. The summed E-state index contributed by atoms with van der Waals surface area (Å²) in [5.74, 6) is 0.238. The quantitative estimate of drug-likeness (QED) is 0.645. The topological polar surface area (TPSA) is 49.6 Å². The molecule has 0 spiro atoms. The van der Waals surface area contributed by atoms with E-state index in [-0.39, 0.29) is 11.9 Å². The maximum absolute atomic E-state index is 11.7. The number of hydrogen-bond donors (Lipinski definition) is 1. The fourth-order valence-electron chi connectivity index (χ4n) is 1.54. The van der Waals surface area contributed by atoms with E-state index in [1.165, 1.54) is 0 Å². The molecule has 1 unspecified atom stereocenters. The molecule has 0 bridgehead atoms. The second-order valence-corrected chi connectivity index (χ2v) is 3.62. The molecule has 0 aromatic rings. The Hall–Kier alpha value is -0.610. The third-order valence-corrected chi connectivity index (χ3v) is 2.69. The summed E-state index contributed by atoms with van der Waals surface area (Å²) >= 11 is 0. The predicted octanol–water partition coefficient (Wildman–Crippen LogP) is -0.502. The smallest absolute Gasteiger partial charge is 0.239 e. The Labute approximate surface area is 79.7 Å². The summed E-state index contributed by atoms with van der Waals surface area (Å²) in [6.07, 6.45) is 0.905. The Morgan fingerprint density at radius 1 is 1.54 bits per heavy atom. The van der Waals surface area contributed by atoms with Gasteiger partial charge in [-0.3, -0.25) is 9.69 Å². The van der Waals surface area contributed by atoms with Crippen LogP contribution < -0.4 is 5.73 Å². The van der Waals surface area contributed by atoms with E-state index in [2.05, 4.69) is 4.90 Å². The Morgan fingerprint density at radius 2 is 2.23 bits per heavy atom. The number of piperazine rings is 1. The van der Waals surface area contributed by atoms with Crippen LogP contribution in [0.5, 0.6) is 0 Å². The summed E-state index contributed by atoms with van der Waals surface area (Å²) in [6.45, 7) is 5.25. The Balaban J connectivity index is 2.44. The fourth-order valence-corrected chi connectivity index (χ4v) is 1.54. The highest BCUT2D eigenvalue weighted by Gasteiger charge is 2.28. The zero-order valence-corrected chi connectivity index (χ0v) is 8.49. The van der Waals surface area contributed by atoms with Crippen LogP contribution in [0.15, 0.2) is 0 Å². The SMILES string of the molecule is CC1C(=O)N(CCCN)CCN1C. The van der Waals surface area contributed by atoms with Gasteiger partial charge >= 0.3 is 0 Å². The largest absolute Gasteiger partial charge is 0.340 e. The molecule has 1 amide bonds. The molecule has 13 heavy (non-hydrogen) atoms. The summed E-state index contributed by atoms with van der Waals surface area (Å²) < 4.78 is 0. The van der Waals surface area contributed by atoms with Crippen molar-refractivity contribution in [2.45, 2.75) is 19.4 Å². The van der Waals surface area contributed by atoms with Crippen molar-refractivity contribution in [3.63, 3.8) is 0 Å². The van der Waals surface area contributed by atoms with Crippen molar-refractivity contribution < 1.29 is 4.79 Å². The summed E-state index contributed by atoms with van der Waals surface area (Å²) in [5, 5.41) is 0. The van der Waals surface area contributed by atoms with Gasteiger partial charge in [-0.05, 0) is 26.9 Å². The first-order valence-corrected chi connectivity index (χ1v) is 4.86. The van der Waals surface area contributed by atoms with Gasteiger partial charge < -0.3 is 10.6 Å². The van der Waals surface area contributed by atoms with Gasteiger partial charge in [0.25, 0.3) is 0 Å². The van der Waals surface area contributed by atoms with Crippen molar-refractivity contribution in [2.75, 3.05) is 33.2 Å². The fraction of sp³-hybridized carbons (Fsp3) is 0.889. The lowest BCUT2D eigenvalue weighted by Crippen LogP contribution is -2.54. The van der Waals surface area contributed by atoms with E-state index in [1.807, 2.05) is 18.9 Å². The van der Waals surface area contributed by atoms with Gasteiger partial charge in [0.15, 0.2) is 0 Å². The molecule has 4 heteroatoms. The number of nitrogens with two attached hydrogens (primary N) is 1. The summed E-state index contributed by atoms with van der Waals surface area (Å²) in [7, 11) is 1.99. The van der Waals surface area contributed by atoms with Crippen LogP contribution in [-0.4, -0.2) is 55.0 Å². The third-order valence-electron chi connectivity index (χ3n) is 2.69. The number of likely N-dealkylation sites (N-methyl/N-ethyl adjacent to an activating group) is 1. The molecule has 1 rings (SSSR count). The first-order valence-electron chi connectivity index (χ1n) is 4.86. The number of amides is 1. The molecule has 2 N–H and O–H groups in total. The molecular formula is C9H19N3O. The lowest BCUT2D eigenvalue weighted by atomic mass is 10.2. The van der Waals surface area contributed by atoms with Gasteiger partial charge in [0.2, 0.25) is 5.91 Å². The van der Waals surface area contributed by atoms with Gasteiger partial charge in [-0.1, -0.05) is 0 Å². The molecule has 1 aliphatic rings. The van der Waals surface area contributed by atoms with E-state index in [0.29, 0.717) is 6.54 Å². The maximum atomic E-state index is 11.7. The highest BCUT2D eigenvalue weighted by Crippen LogP contribution is 2.08. The number of hydrogen-bond acceptors (Lipinski definition) is 3. The Bertz CT molecular complexity index is 182. The molecule has 0 aromatic heterocycles. The van der Waals surface area contributed by atoms with Crippen LogP contribution in [0.4, 0.5) is 0 Å². The van der Waals surface area contributed by atoms with Gasteiger partial charge in [-0.2, -0.15) is 0 Å². The maximum Gasteiger partial charge on any atom is 0.239 e. The minimum Gasteiger partial charge on any atom is -0.340 e. The standard InChI is InChI=1S/C9H19N3O/c1-8-9(13)12(5-3-4-10)7-6-11(8)2/h8H,3-7,10H2,1-2H3. The Morgan fingerprint density at radius 3 is 2.85 bits per heavy atom. The molecule has 1 atom stereocenters. The molecule has 0 aromatic carbocycles. The lowest BCUT2D eigenvalue weighted by Gasteiger charge is -2.36. The monoisotopic (exact) mass is 185 g/mol. The van der Waals surface area contributed by atoms with Crippen molar-refractivity contribution in [3.8, 4) is 0 Å². The van der Waals surface area contributed by atoms with Crippen LogP contribution >= 0.6 is 0 Å². The molecular weight excluding hydrogens is 166 g/mol. The van der Waals surface area contributed by atoms with Crippen LogP contribution in [0.3, 0.4) is 0 Å².